The number of pyridine rings is 1. The van der Waals surface area contributed by atoms with Gasteiger partial charge in [0.2, 0.25) is 0 Å². The smallest absolute Gasteiger partial charge is 0.413 e. The number of halogens is 3. The molecular formula is C34H34F3N9O5. The average Bonchev–Trinajstić information content (AvgIpc) is 3.52. The van der Waals surface area contributed by atoms with Crippen molar-refractivity contribution >= 4 is 34.7 Å². The third-order valence-electron chi connectivity index (χ3n) is 8.76. The topological polar surface area (TPSA) is 208 Å². The third-order valence-corrected chi connectivity index (χ3v) is 8.76. The first-order valence-electron chi connectivity index (χ1n) is 15.9. The van der Waals surface area contributed by atoms with Crippen LogP contribution >= 0.6 is 0 Å². The number of benzene rings is 2. The van der Waals surface area contributed by atoms with Crippen LogP contribution in [0.4, 0.5) is 29.5 Å². The first-order valence-corrected chi connectivity index (χ1v) is 15.9. The molecule has 266 valence electrons. The minimum absolute atomic E-state index is 0.0115. The maximum atomic E-state index is 15.4. The molecule has 17 heteroatoms. The van der Waals surface area contributed by atoms with Crippen LogP contribution in [0.1, 0.15) is 24.0 Å². The fourth-order valence-corrected chi connectivity index (χ4v) is 6.13. The first-order chi connectivity index (χ1) is 24.4. The molecule has 0 aliphatic carbocycles. The van der Waals surface area contributed by atoms with Crippen LogP contribution < -0.4 is 26.4 Å². The van der Waals surface area contributed by atoms with Crippen LogP contribution in [0.3, 0.4) is 0 Å². The number of aliphatic hydroxyl groups is 1. The number of nitrogen functional groups attached to an aromatic ring is 1. The highest BCUT2D eigenvalue weighted by atomic mass is 19.3. The van der Waals surface area contributed by atoms with Crippen molar-refractivity contribution in [1.82, 2.24) is 29.8 Å². The summed E-state index contributed by atoms with van der Waals surface area (Å²) in [6, 6.07) is 12.8. The Morgan fingerprint density at radius 3 is 2.59 bits per heavy atom. The zero-order valence-corrected chi connectivity index (χ0v) is 27.0. The van der Waals surface area contributed by atoms with Crippen molar-refractivity contribution in [3.8, 4) is 17.0 Å². The second-order valence-electron chi connectivity index (χ2n) is 12.3. The molecule has 3 aromatic heterocycles. The summed E-state index contributed by atoms with van der Waals surface area (Å²) < 4.78 is 49.3. The fourth-order valence-electron chi connectivity index (χ4n) is 6.13. The normalized spacial score (nSPS) is 17.3. The van der Waals surface area contributed by atoms with E-state index in [1.807, 2.05) is 0 Å². The van der Waals surface area contributed by atoms with Gasteiger partial charge in [0.15, 0.2) is 23.0 Å². The molecule has 1 fully saturated rings. The monoisotopic (exact) mass is 705 g/mol. The lowest BCUT2D eigenvalue weighted by Gasteiger charge is -2.44. The Balaban J connectivity index is 1.27. The van der Waals surface area contributed by atoms with Gasteiger partial charge in [-0.25, -0.2) is 37.7 Å². The molecule has 1 saturated heterocycles. The van der Waals surface area contributed by atoms with Crippen LogP contribution in [-0.2, 0) is 17.8 Å². The van der Waals surface area contributed by atoms with Crippen molar-refractivity contribution < 1.29 is 37.7 Å². The molecule has 0 unspecified atom stereocenters. The first kappa shape index (κ1) is 35.0. The van der Waals surface area contributed by atoms with E-state index in [0.29, 0.717) is 52.2 Å². The Kier molecular flexibility index (Phi) is 10.0. The van der Waals surface area contributed by atoms with Crippen molar-refractivity contribution in [2.45, 2.75) is 49.9 Å². The summed E-state index contributed by atoms with van der Waals surface area (Å²) in [4.78, 5) is 43.2. The number of nitrogens with two attached hydrogens (primary N) is 2. The number of ether oxygens (including phenoxy) is 1. The van der Waals surface area contributed by atoms with Gasteiger partial charge in [-0.3, -0.25) is 4.98 Å². The van der Waals surface area contributed by atoms with Gasteiger partial charge in [0.25, 0.3) is 6.43 Å². The van der Waals surface area contributed by atoms with Crippen molar-refractivity contribution in [3.05, 3.63) is 90.4 Å². The van der Waals surface area contributed by atoms with Crippen LogP contribution in [-0.4, -0.2) is 84.0 Å². The molecule has 1 aliphatic rings. The van der Waals surface area contributed by atoms with E-state index < -0.39 is 47.7 Å². The van der Waals surface area contributed by atoms with Gasteiger partial charge in [-0.2, -0.15) is 0 Å². The summed E-state index contributed by atoms with van der Waals surface area (Å²) in [5, 5.41) is 22.1. The molecule has 14 nitrogen and oxygen atoms in total. The number of rotatable bonds is 11. The molecule has 0 bridgehead atoms. The van der Waals surface area contributed by atoms with E-state index in [0.717, 1.165) is 6.07 Å². The minimum atomic E-state index is -3.03. The van der Waals surface area contributed by atoms with Crippen molar-refractivity contribution in [2.75, 3.05) is 23.7 Å². The number of imidazole rings is 1. The number of carbonyl (C=O) groups excluding carboxylic acids is 1. The Morgan fingerprint density at radius 1 is 1.08 bits per heavy atom. The van der Waals surface area contributed by atoms with Crippen molar-refractivity contribution in [1.29, 1.82) is 0 Å². The second-order valence-corrected chi connectivity index (χ2v) is 12.3. The summed E-state index contributed by atoms with van der Waals surface area (Å²) in [5.74, 6) is -2.46. The van der Waals surface area contributed by atoms with Crippen LogP contribution in [0.15, 0.2) is 73.4 Å². The highest BCUT2D eigenvalue weighted by Crippen LogP contribution is 2.34. The maximum absolute atomic E-state index is 15.4. The molecule has 1 amide bonds. The highest BCUT2D eigenvalue weighted by Gasteiger charge is 2.43. The molecule has 4 heterocycles. The van der Waals surface area contributed by atoms with Crippen LogP contribution in [0.5, 0.6) is 5.75 Å². The number of aliphatic hydroxyl groups excluding tert-OH is 1. The molecule has 51 heavy (non-hydrogen) atoms. The van der Waals surface area contributed by atoms with Crippen molar-refractivity contribution in [2.24, 2.45) is 5.73 Å². The quantitative estimate of drug-likeness (QED) is 0.134. The number of anilines is 2. The molecule has 2 aromatic carbocycles. The predicted octanol–water partition coefficient (Wildman–Crippen LogP) is 3.37. The number of hydrogen-bond donors (Lipinski definition) is 5. The number of amides is 1. The molecule has 3 atom stereocenters. The minimum Gasteiger partial charge on any atom is -0.480 e. The van der Waals surface area contributed by atoms with E-state index in [-0.39, 0.29) is 31.7 Å². The molecule has 7 N–H and O–H groups in total. The van der Waals surface area contributed by atoms with E-state index >= 15 is 4.39 Å². The number of nitrogens with one attached hydrogen (secondary N) is 1. The van der Waals surface area contributed by atoms with Gasteiger partial charge in [-0.05, 0) is 48.2 Å². The number of aliphatic carboxylic acids is 1. The highest BCUT2D eigenvalue weighted by molar-refractivity contribution is 5.82. The number of hydrogen-bond acceptors (Lipinski definition) is 11. The van der Waals surface area contributed by atoms with Gasteiger partial charge < -0.3 is 41.2 Å². The zero-order chi connectivity index (χ0) is 36.3. The van der Waals surface area contributed by atoms with Crippen LogP contribution in [0.25, 0.3) is 22.4 Å². The van der Waals surface area contributed by atoms with Gasteiger partial charge in [0, 0.05) is 25.1 Å². The van der Waals surface area contributed by atoms with Gasteiger partial charge in [0.05, 0.1) is 36.0 Å². The van der Waals surface area contributed by atoms with Gasteiger partial charge in [-0.1, -0.05) is 30.3 Å². The van der Waals surface area contributed by atoms with Gasteiger partial charge in [0.1, 0.15) is 24.0 Å². The summed E-state index contributed by atoms with van der Waals surface area (Å²) >= 11 is 0. The Labute approximate surface area is 288 Å². The predicted molar refractivity (Wildman–Crippen MR) is 180 cm³/mol. The fraction of sp³-hybridized carbons (Fsp3) is 0.294. The number of carboxylic acid groups (broad SMARTS) is 1. The number of piperidine rings is 1. The lowest BCUT2D eigenvalue weighted by Crippen LogP contribution is -2.63. The summed E-state index contributed by atoms with van der Waals surface area (Å²) in [5.41, 5.74) is 14.0. The number of fused-ring (bicyclic) bond motifs is 1. The maximum Gasteiger partial charge on any atom is 0.413 e. The largest absolute Gasteiger partial charge is 0.480 e. The number of carboxylic acids is 1. The van der Waals surface area contributed by atoms with Gasteiger partial charge in [-0.15, -0.1) is 0 Å². The average molecular weight is 706 g/mol. The molecule has 0 spiro atoms. The Bertz CT molecular complexity index is 2050. The lowest BCUT2D eigenvalue weighted by molar-refractivity contribution is -0.139. The number of aromatic nitrogens is 5. The van der Waals surface area contributed by atoms with E-state index in [1.165, 1.54) is 31.0 Å². The van der Waals surface area contributed by atoms with E-state index in [1.54, 1.807) is 45.9 Å². The number of carbonyl (C=O) groups is 2. The zero-order valence-electron chi connectivity index (χ0n) is 27.0. The standard InChI is InChI=1S/C34H34F3N9O5/c35-22-12-20(7-8-26(22)51-33(50)44-24(32(48)49)11-19-5-2-1-3-6-19)23-13-21(15-46-18-43-27-30(38)41-17-42-31(27)46)25(14-40-23)45-10-4-9-34(39,16-45)28(47)29(36)37/h1-3,5-8,12-14,17-18,24,28-29,47H,4,9-11,15-16,39H2,(H,44,50)(H,48,49)(H2,38,41,42)/t24-,28-,34+/m0/s1. The van der Waals surface area contributed by atoms with E-state index in [2.05, 4.69) is 25.3 Å². The second kappa shape index (κ2) is 14.6. The summed E-state index contributed by atoms with van der Waals surface area (Å²) in [7, 11) is 0. The number of nitrogens with zero attached hydrogens (tertiary/aromatic N) is 6. The molecule has 5 aromatic rings. The lowest BCUT2D eigenvalue weighted by atomic mass is 9.84. The molecule has 6 rings (SSSR count). The molecule has 1 aliphatic heterocycles. The molecule has 0 radical (unpaired) electrons. The molecular weight excluding hydrogens is 671 g/mol. The van der Waals surface area contributed by atoms with Crippen molar-refractivity contribution in [3.63, 3.8) is 0 Å². The Hall–Kier alpha value is -5.81. The van der Waals surface area contributed by atoms with E-state index in [4.69, 9.17) is 16.2 Å². The Morgan fingerprint density at radius 2 is 1.86 bits per heavy atom. The van der Waals surface area contributed by atoms with Gasteiger partial charge >= 0.3 is 12.1 Å². The third kappa shape index (κ3) is 7.68. The SMILES string of the molecule is Nc1ncnc2c1ncn2Cc1cc(-c2ccc(OC(=O)N[C@@H](Cc3ccccc3)C(=O)O)c(F)c2)ncc1N1CCC[C@](N)([C@@H](O)C(F)F)C1. The van der Waals surface area contributed by atoms with Crippen LogP contribution in [0.2, 0.25) is 0 Å². The number of alkyl halides is 2. The summed E-state index contributed by atoms with van der Waals surface area (Å²) in [6.07, 6.45) is -1.28. The summed E-state index contributed by atoms with van der Waals surface area (Å²) in [6.45, 7) is 0.517. The van der Waals surface area contributed by atoms with E-state index in [9.17, 15) is 28.6 Å². The van der Waals surface area contributed by atoms with Crippen LogP contribution in [0, 0.1) is 5.82 Å². The molecule has 0 saturated carbocycles.